The number of fused-ring (bicyclic) bond motifs is 1. The normalized spacial score (nSPS) is 11.1. The molecule has 0 saturated carbocycles. The highest BCUT2D eigenvalue weighted by Crippen LogP contribution is 2.37. The molecular weight excluding hydrogens is 269 g/mol. The van der Waals surface area contributed by atoms with Crippen molar-refractivity contribution in [2.45, 2.75) is 0 Å². The Labute approximate surface area is 112 Å². The SMILES string of the molecule is Nc1oc2c(-c3ccc(F)cc3Cl)nccc2c1N. The largest absolute Gasteiger partial charge is 0.436 e. The standard InChI is InChI=1S/C13H9ClFN3O/c14-9-5-6(15)1-2-7(9)11-12-8(3-4-18-11)10(16)13(17)19-12/h1-5H,16-17H2. The number of pyridine rings is 1. The van der Waals surface area contributed by atoms with Crippen molar-refractivity contribution >= 4 is 34.1 Å². The van der Waals surface area contributed by atoms with Gasteiger partial charge in [0.1, 0.15) is 17.2 Å². The fourth-order valence-electron chi connectivity index (χ4n) is 1.93. The Morgan fingerprint density at radius 1 is 1.21 bits per heavy atom. The van der Waals surface area contributed by atoms with Gasteiger partial charge in [0, 0.05) is 17.1 Å². The van der Waals surface area contributed by atoms with Crippen molar-refractivity contribution in [3.63, 3.8) is 0 Å². The predicted molar refractivity (Wildman–Crippen MR) is 73.2 cm³/mol. The van der Waals surface area contributed by atoms with Crippen LogP contribution in [0.2, 0.25) is 5.02 Å². The quantitative estimate of drug-likeness (QED) is 0.714. The summed E-state index contributed by atoms with van der Waals surface area (Å²) in [5.41, 5.74) is 13.3. The first kappa shape index (κ1) is 11.8. The molecule has 0 fully saturated rings. The fourth-order valence-corrected chi connectivity index (χ4v) is 2.19. The molecule has 0 spiro atoms. The lowest BCUT2D eigenvalue weighted by Crippen LogP contribution is -1.89. The maximum atomic E-state index is 13.1. The summed E-state index contributed by atoms with van der Waals surface area (Å²) in [5, 5.41) is 0.899. The van der Waals surface area contributed by atoms with Crippen molar-refractivity contribution in [3.8, 4) is 11.3 Å². The van der Waals surface area contributed by atoms with Crippen LogP contribution in [0.15, 0.2) is 34.9 Å². The summed E-state index contributed by atoms with van der Waals surface area (Å²) in [6.45, 7) is 0. The van der Waals surface area contributed by atoms with E-state index in [-0.39, 0.29) is 10.9 Å². The molecule has 2 aromatic heterocycles. The van der Waals surface area contributed by atoms with Gasteiger partial charge < -0.3 is 15.9 Å². The predicted octanol–water partition coefficient (Wildman–Crippen LogP) is 3.45. The van der Waals surface area contributed by atoms with Gasteiger partial charge in [-0.1, -0.05) is 11.6 Å². The molecule has 1 aromatic carbocycles. The van der Waals surface area contributed by atoms with Crippen molar-refractivity contribution in [3.05, 3.63) is 41.3 Å². The molecule has 96 valence electrons. The van der Waals surface area contributed by atoms with E-state index in [1.807, 2.05) is 0 Å². The third-order valence-electron chi connectivity index (χ3n) is 2.86. The topological polar surface area (TPSA) is 78.1 Å². The lowest BCUT2D eigenvalue weighted by molar-refractivity contribution is 0.627. The van der Waals surface area contributed by atoms with Crippen LogP contribution in [0.5, 0.6) is 0 Å². The average Bonchev–Trinajstić information content (AvgIpc) is 2.66. The van der Waals surface area contributed by atoms with Crippen LogP contribution in [0.1, 0.15) is 0 Å². The third kappa shape index (κ3) is 1.79. The summed E-state index contributed by atoms with van der Waals surface area (Å²) in [5.74, 6) is -0.290. The zero-order chi connectivity index (χ0) is 13.6. The van der Waals surface area contributed by atoms with Crippen LogP contribution in [0.25, 0.3) is 22.2 Å². The minimum Gasteiger partial charge on any atom is -0.436 e. The second kappa shape index (κ2) is 4.13. The van der Waals surface area contributed by atoms with Crippen LogP contribution in [0.4, 0.5) is 16.0 Å². The number of halogens is 2. The second-order valence-electron chi connectivity index (χ2n) is 4.04. The Morgan fingerprint density at radius 2 is 2.00 bits per heavy atom. The molecule has 4 N–H and O–H groups in total. The van der Waals surface area contributed by atoms with Gasteiger partial charge in [-0.3, -0.25) is 4.98 Å². The van der Waals surface area contributed by atoms with E-state index in [0.29, 0.717) is 27.9 Å². The van der Waals surface area contributed by atoms with E-state index in [2.05, 4.69) is 4.98 Å². The van der Waals surface area contributed by atoms with Gasteiger partial charge in [-0.15, -0.1) is 0 Å². The lowest BCUT2D eigenvalue weighted by atomic mass is 10.1. The van der Waals surface area contributed by atoms with Gasteiger partial charge in [0.25, 0.3) is 0 Å². The van der Waals surface area contributed by atoms with Crippen molar-refractivity contribution in [1.82, 2.24) is 4.98 Å². The zero-order valence-electron chi connectivity index (χ0n) is 9.65. The molecule has 3 rings (SSSR count). The van der Waals surface area contributed by atoms with Gasteiger partial charge >= 0.3 is 0 Å². The molecule has 0 aliphatic rings. The highest BCUT2D eigenvalue weighted by molar-refractivity contribution is 6.33. The zero-order valence-corrected chi connectivity index (χ0v) is 10.4. The number of benzene rings is 1. The molecule has 0 unspecified atom stereocenters. The van der Waals surface area contributed by atoms with Gasteiger partial charge in [-0.2, -0.15) is 0 Å². The van der Waals surface area contributed by atoms with Crippen LogP contribution in [0.3, 0.4) is 0 Å². The Hall–Kier alpha value is -2.27. The highest BCUT2D eigenvalue weighted by Gasteiger charge is 2.16. The van der Waals surface area contributed by atoms with Crippen molar-refractivity contribution < 1.29 is 8.81 Å². The Bertz CT molecular complexity index is 785. The van der Waals surface area contributed by atoms with Crippen LogP contribution < -0.4 is 11.5 Å². The number of furan rings is 1. The molecule has 0 aliphatic carbocycles. The molecule has 19 heavy (non-hydrogen) atoms. The number of nitrogen functional groups attached to an aromatic ring is 2. The summed E-state index contributed by atoms with van der Waals surface area (Å²) in [6.07, 6.45) is 1.57. The molecule has 2 heterocycles. The smallest absolute Gasteiger partial charge is 0.214 e. The molecule has 0 radical (unpaired) electrons. The Morgan fingerprint density at radius 3 is 2.74 bits per heavy atom. The van der Waals surface area contributed by atoms with Gasteiger partial charge in [-0.05, 0) is 24.3 Å². The van der Waals surface area contributed by atoms with E-state index in [1.165, 1.54) is 18.2 Å². The lowest BCUT2D eigenvalue weighted by Gasteiger charge is -2.04. The first-order valence-corrected chi connectivity index (χ1v) is 5.83. The van der Waals surface area contributed by atoms with Crippen LogP contribution in [-0.4, -0.2) is 4.98 Å². The molecule has 3 aromatic rings. The van der Waals surface area contributed by atoms with Crippen LogP contribution in [0, 0.1) is 5.82 Å². The monoisotopic (exact) mass is 277 g/mol. The molecule has 0 amide bonds. The number of anilines is 2. The maximum absolute atomic E-state index is 13.1. The number of hydrogen-bond donors (Lipinski definition) is 2. The Kier molecular flexibility index (Phi) is 2.57. The summed E-state index contributed by atoms with van der Waals surface area (Å²) in [4.78, 5) is 4.21. The Balaban J connectivity index is 2.33. The third-order valence-corrected chi connectivity index (χ3v) is 3.17. The minimum atomic E-state index is -0.417. The molecule has 0 bridgehead atoms. The number of nitrogens with two attached hydrogens (primary N) is 2. The van der Waals surface area contributed by atoms with Gasteiger partial charge in [0.15, 0.2) is 5.58 Å². The molecular formula is C13H9ClFN3O. The van der Waals surface area contributed by atoms with Crippen LogP contribution >= 0.6 is 11.6 Å². The van der Waals surface area contributed by atoms with Gasteiger partial charge in [-0.25, -0.2) is 4.39 Å². The van der Waals surface area contributed by atoms with E-state index in [0.717, 1.165) is 0 Å². The highest BCUT2D eigenvalue weighted by atomic mass is 35.5. The summed E-state index contributed by atoms with van der Waals surface area (Å²) >= 11 is 6.03. The van der Waals surface area contributed by atoms with E-state index >= 15 is 0 Å². The average molecular weight is 278 g/mol. The van der Waals surface area contributed by atoms with Gasteiger partial charge in [0.05, 0.1) is 5.02 Å². The maximum Gasteiger partial charge on any atom is 0.214 e. The van der Waals surface area contributed by atoms with E-state index in [9.17, 15) is 4.39 Å². The number of hydrogen-bond acceptors (Lipinski definition) is 4. The van der Waals surface area contributed by atoms with Gasteiger partial charge in [0.2, 0.25) is 5.88 Å². The second-order valence-corrected chi connectivity index (χ2v) is 4.45. The summed E-state index contributed by atoms with van der Waals surface area (Å²) < 4.78 is 18.5. The number of aromatic nitrogens is 1. The van der Waals surface area contributed by atoms with Crippen molar-refractivity contribution in [1.29, 1.82) is 0 Å². The first-order chi connectivity index (χ1) is 9.08. The van der Waals surface area contributed by atoms with Crippen molar-refractivity contribution in [2.75, 3.05) is 11.5 Å². The fraction of sp³-hybridized carbons (Fsp3) is 0. The molecule has 0 atom stereocenters. The summed E-state index contributed by atoms with van der Waals surface area (Å²) in [7, 11) is 0. The number of rotatable bonds is 1. The van der Waals surface area contributed by atoms with Crippen molar-refractivity contribution in [2.24, 2.45) is 0 Å². The minimum absolute atomic E-state index is 0.127. The first-order valence-electron chi connectivity index (χ1n) is 5.46. The molecule has 4 nitrogen and oxygen atoms in total. The molecule has 0 aliphatic heterocycles. The molecule has 0 saturated heterocycles. The molecule has 6 heteroatoms. The van der Waals surface area contributed by atoms with E-state index in [1.54, 1.807) is 12.3 Å². The summed E-state index contributed by atoms with van der Waals surface area (Å²) in [6, 6.07) is 5.75. The van der Waals surface area contributed by atoms with Crippen LogP contribution in [-0.2, 0) is 0 Å². The van der Waals surface area contributed by atoms with E-state index in [4.69, 9.17) is 27.5 Å². The van der Waals surface area contributed by atoms with E-state index < -0.39 is 5.82 Å². The number of nitrogens with zero attached hydrogens (tertiary/aromatic N) is 1.